The summed E-state index contributed by atoms with van der Waals surface area (Å²) >= 11 is 0. The van der Waals surface area contributed by atoms with Gasteiger partial charge in [0.25, 0.3) is 0 Å². The summed E-state index contributed by atoms with van der Waals surface area (Å²) in [5, 5.41) is 0. The van der Waals surface area contributed by atoms with Crippen LogP contribution in [0.15, 0.2) is 30.3 Å². The van der Waals surface area contributed by atoms with Crippen molar-refractivity contribution >= 4 is 5.91 Å². The van der Waals surface area contributed by atoms with E-state index in [4.69, 9.17) is 10.5 Å². The van der Waals surface area contributed by atoms with Crippen molar-refractivity contribution in [3.63, 3.8) is 0 Å². The monoisotopic (exact) mass is 304 g/mol. The lowest BCUT2D eigenvalue weighted by molar-refractivity contribution is -0.134. The lowest BCUT2D eigenvalue weighted by atomic mass is 9.87. The summed E-state index contributed by atoms with van der Waals surface area (Å²) in [6, 6.07) is 10.8. The van der Waals surface area contributed by atoms with Crippen LogP contribution in [-0.2, 0) is 9.53 Å². The van der Waals surface area contributed by atoms with Crippen molar-refractivity contribution < 1.29 is 9.53 Å². The predicted molar refractivity (Wildman–Crippen MR) is 88.7 cm³/mol. The van der Waals surface area contributed by atoms with E-state index in [0.29, 0.717) is 24.9 Å². The van der Waals surface area contributed by atoms with E-state index in [9.17, 15) is 4.79 Å². The molecule has 0 bridgehead atoms. The molecule has 2 rings (SSSR count). The van der Waals surface area contributed by atoms with Crippen LogP contribution in [-0.4, -0.2) is 43.2 Å². The zero-order chi connectivity index (χ0) is 15.9. The van der Waals surface area contributed by atoms with Crippen molar-refractivity contribution in [3.8, 4) is 0 Å². The van der Waals surface area contributed by atoms with Crippen molar-refractivity contribution in [2.75, 3.05) is 20.2 Å². The van der Waals surface area contributed by atoms with Crippen molar-refractivity contribution in [3.05, 3.63) is 35.9 Å². The topological polar surface area (TPSA) is 55.6 Å². The van der Waals surface area contributed by atoms with Crippen LogP contribution in [0.2, 0.25) is 0 Å². The van der Waals surface area contributed by atoms with E-state index in [2.05, 4.69) is 36.1 Å². The van der Waals surface area contributed by atoms with Gasteiger partial charge in [-0.25, -0.2) is 0 Å². The molecule has 1 aromatic rings. The Bertz CT molecular complexity index is 459. The molecule has 22 heavy (non-hydrogen) atoms. The molecule has 0 radical (unpaired) electrons. The summed E-state index contributed by atoms with van der Waals surface area (Å²) in [6.45, 7) is 3.45. The van der Waals surface area contributed by atoms with E-state index < -0.39 is 0 Å². The quantitative estimate of drug-likeness (QED) is 0.842. The molecule has 1 aliphatic heterocycles. The van der Waals surface area contributed by atoms with Gasteiger partial charge in [0.1, 0.15) is 0 Å². The molecule has 1 saturated heterocycles. The average Bonchev–Trinajstić information content (AvgIpc) is 3.03. The van der Waals surface area contributed by atoms with Gasteiger partial charge in [-0.2, -0.15) is 0 Å². The Balaban J connectivity index is 2.10. The highest BCUT2D eigenvalue weighted by Gasteiger charge is 2.35. The van der Waals surface area contributed by atoms with E-state index in [1.54, 1.807) is 7.11 Å². The molecule has 1 aliphatic rings. The first-order valence-corrected chi connectivity index (χ1v) is 8.28. The van der Waals surface area contributed by atoms with E-state index in [1.165, 1.54) is 5.56 Å². The Kier molecular flexibility index (Phi) is 6.40. The standard InChI is InChI=1S/C18H28N2O2/c1-3-16(14-8-5-4-6-9-14)17-10-7-11-20(17)18(21)12-15(13-19)22-2/h4-6,8-9,15-17H,3,7,10-13,19H2,1-2H3. The maximum Gasteiger partial charge on any atom is 0.225 e. The summed E-state index contributed by atoms with van der Waals surface area (Å²) in [5.74, 6) is 0.584. The Hall–Kier alpha value is -1.39. The first kappa shape index (κ1) is 17.0. The summed E-state index contributed by atoms with van der Waals surface area (Å²) in [6.07, 6.45) is 3.42. The van der Waals surface area contributed by atoms with E-state index in [0.717, 1.165) is 25.8 Å². The van der Waals surface area contributed by atoms with E-state index in [-0.39, 0.29) is 12.0 Å². The maximum absolute atomic E-state index is 12.6. The highest BCUT2D eigenvalue weighted by atomic mass is 16.5. The molecule has 0 saturated carbocycles. The predicted octanol–water partition coefficient (Wildman–Crippen LogP) is 2.54. The fourth-order valence-corrected chi connectivity index (χ4v) is 3.53. The van der Waals surface area contributed by atoms with Crippen molar-refractivity contribution in [1.82, 2.24) is 4.90 Å². The third-order valence-electron chi connectivity index (χ3n) is 4.75. The highest BCUT2D eigenvalue weighted by Crippen LogP contribution is 2.34. The number of likely N-dealkylation sites (tertiary alicyclic amines) is 1. The zero-order valence-electron chi connectivity index (χ0n) is 13.7. The summed E-state index contributed by atoms with van der Waals surface area (Å²) < 4.78 is 5.26. The van der Waals surface area contributed by atoms with Crippen LogP contribution in [0.1, 0.15) is 44.1 Å². The number of hydrogen-bond acceptors (Lipinski definition) is 3. The Morgan fingerprint density at radius 2 is 2.14 bits per heavy atom. The second kappa shape index (κ2) is 8.30. The number of carbonyl (C=O) groups is 1. The molecular formula is C18H28N2O2. The molecule has 4 heteroatoms. The Labute approximate surface area is 133 Å². The number of benzene rings is 1. The first-order valence-electron chi connectivity index (χ1n) is 8.28. The first-order chi connectivity index (χ1) is 10.7. The molecular weight excluding hydrogens is 276 g/mol. The SMILES string of the molecule is CCC(c1ccccc1)C1CCCN1C(=O)CC(CN)OC. The van der Waals surface area contributed by atoms with Gasteiger partial charge in [-0.15, -0.1) is 0 Å². The minimum Gasteiger partial charge on any atom is -0.380 e. The van der Waals surface area contributed by atoms with Gasteiger partial charge < -0.3 is 15.4 Å². The van der Waals surface area contributed by atoms with Gasteiger partial charge in [0.15, 0.2) is 0 Å². The lowest BCUT2D eigenvalue weighted by Gasteiger charge is -2.32. The number of carbonyl (C=O) groups excluding carboxylic acids is 1. The van der Waals surface area contributed by atoms with Crippen molar-refractivity contribution in [2.24, 2.45) is 5.73 Å². The van der Waals surface area contributed by atoms with Gasteiger partial charge in [-0.1, -0.05) is 37.3 Å². The summed E-state index contributed by atoms with van der Waals surface area (Å²) in [4.78, 5) is 14.7. The molecule has 4 nitrogen and oxygen atoms in total. The number of nitrogens with two attached hydrogens (primary N) is 1. The molecule has 1 fully saturated rings. The second-order valence-electron chi connectivity index (χ2n) is 6.02. The number of rotatable bonds is 7. The lowest BCUT2D eigenvalue weighted by Crippen LogP contribution is -2.41. The molecule has 3 unspecified atom stereocenters. The number of amides is 1. The molecule has 1 heterocycles. The fraction of sp³-hybridized carbons (Fsp3) is 0.611. The molecule has 0 aromatic heterocycles. The summed E-state index contributed by atoms with van der Waals surface area (Å²) in [5.41, 5.74) is 6.98. The highest BCUT2D eigenvalue weighted by molar-refractivity contribution is 5.77. The Morgan fingerprint density at radius 1 is 1.41 bits per heavy atom. The van der Waals surface area contributed by atoms with Gasteiger partial charge in [-0.05, 0) is 24.8 Å². The zero-order valence-corrected chi connectivity index (χ0v) is 13.7. The number of nitrogens with zero attached hydrogens (tertiary/aromatic N) is 1. The smallest absolute Gasteiger partial charge is 0.225 e. The van der Waals surface area contributed by atoms with Gasteiger partial charge in [-0.3, -0.25) is 4.79 Å². The van der Waals surface area contributed by atoms with Crippen LogP contribution < -0.4 is 5.73 Å². The molecule has 3 atom stereocenters. The van der Waals surface area contributed by atoms with Crippen LogP contribution in [0.3, 0.4) is 0 Å². The van der Waals surface area contributed by atoms with Crippen LogP contribution >= 0.6 is 0 Å². The minimum atomic E-state index is -0.175. The molecule has 0 spiro atoms. The second-order valence-corrected chi connectivity index (χ2v) is 6.02. The van der Waals surface area contributed by atoms with Gasteiger partial charge in [0.05, 0.1) is 12.5 Å². The average molecular weight is 304 g/mol. The van der Waals surface area contributed by atoms with Crippen LogP contribution in [0.5, 0.6) is 0 Å². The van der Waals surface area contributed by atoms with Crippen LogP contribution in [0, 0.1) is 0 Å². The number of ether oxygens (including phenoxy) is 1. The normalized spacial score (nSPS) is 20.9. The molecule has 122 valence electrons. The maximum atomic E-state index is 12.6. The van der Waals surface area contributed by atoms with Gasteiger partial charge in [0.2, 0.25) is 5.91 Å². The van der Waals surface area contributed by atoms with Gasteiger partial charge in [0, 0.05) is 32.2 Å². The van der Waals surface area contributed by atoms with Crippen molar-refractivity contribution in [1.29, 1.82) is 0 Å². The van der Waals surface area contributed by atoms with Gasteiger partial charge >= 0.3 is 0 Å². The third kappa shape index (κ3) is 3.87. The number of methoxy groups -OCH3 is 1. The van der Waals surface area contributed by atoms with Crippen molar-refractivity contribution in [2.45, 2.75) is 50.7 Å². The number of hydrogen-bond donors (Lipinski definition) is 1. The fourth-order valence-electron chi connectivity index (χ4n) is 3.53. The van der Waals surface area contributed by atoms with E-state index >= 15 is 0 Å². The molecule has 2 N–H and O–H groups in total. The Morgan fingerprint density at radius 3 is 2.73 bits per heavy atom. The largest absolute Gasteiger partial charge is 0.380 e. The van der Waals surface area contributed by atoms with E-state index in [1.807, 2.05) is 6.07 Å². The molecule has 1 aromatic carbocycles. The summed E-state index contributed by atoms with van der Waals surface area (Å²) in [7, 11) is 1.62. The van der Waals surface area contributed by atoms with Crippen LogP contribution in [0.4, 0.5) is 0 Å². The minimum absolute atomic E-state index is 0.175. The third-order valence-corrected chi connectivity index (χ3v) is 4.75. The molecule has 1 amide bonds. The molecule has 0 aliphatic carbocycles. The van der Waals surface area contributed by atoms with Crippen LogP contribution in [0.25, 0.3) is 0 Å².